The second kappa shape index (κ2) is 5.79. The highest BCUT2D eigenvalue weighted by Gasteiger charge is 2.32. The lowest BCUT2D eigenvalue weighted by Crippen LogP contribution is -2.28. The van der Waals surface area contributed by atoms with Crippen molar-refractivity contribution < 1.29 is 14.3 Å². The van der Waals surface area contributed by atoms with Crippen LogP contribution in [-0.4, -0.2) is 16.1 Å². The fraction of sp³-hybridized carbons (Fsp3) is 0.231. The molecule has 0 spiro atoms. The lowest BCUT2D eigenvalue weighted by atomic mass is 9.90. The minimum Gasteiger partial charge on any atom is -0.481 e. The van der Waals surface area contributed by atoms with Crippen molar-refractivity contribution in [2.24, 2.45) is 0 Å². The number of halogens is 3. The first kappa shape index (κ1) is 16.0. The van der Waals surface area contributed by atoms with E-state index in [2.05, 4.69) is 10.3 Å². The average molecular weight is 349 g/mol. The van der Waals surface area contributed by atoms with Gasteiger partial charge in [0.25, 0.3) is 0 Å². The Kier molecular flexibility index (Phi) is 4.41. The van der Waals surface area contributed by atoms with E-state index in [1.54, 1.807) is 19.2 Å². The normalized spacial score (nSPS) is 11.5. The number of hydrogen-bond acceptors (Lipinski definition) is 4. The first-order valence-corrected chi connectivity index (χ1v) is 7.46. The van der Waals surface area contributed by atoms with E-state index in [4.69, 9.17) is 28.3 Å². The fourth-order valence-corrected chi connectivity index (χ4v) is 2.86. The van der Waals surface area contributed by atoms with Crippen LogP contribution >= 0.6 is 34.5 Å². The molecule has 0 radical (unpaired) electrons. The zero-order chi connectivity index (χ0) is 15.8. The summed E-state index contributed by atoms with van der Waals surface area (Å²) in [7, 11) is 0. The molecule has 0 saturated carbocycles. The molecule has 1 aromatic carbocycles. The first-order chi connectivity index (χ1) is 9.71. The number of benzene rings is 1. The topological polar surface area (TPSA) is 62.2 Å². The summed E-state index contributed by atoms with van der Waals surface area (Å²) >= 11 is 12.7. The zero-order valence-corrected chi connectivity index (χ0v) is 13.4. The second-order valence-corrected chi connectivity index (χ2v) is 6.52. The lowest BCUT2D eigenvalue weighted by molar-refractivity contribution is -0.142. The Morgan fingerprint density at radius 1 is 1.38 bits per heavy atom. The first-order valence-electron chi connectivity index (χ1n) is 5.83. The standard InChI is InChI=1S/C13H11Cl2FN2O2S/c1-13(2,11(19)20)9-5-21-12(18-9)17-6-3-7(14)10(16)8(15)4-6/h3-5H,1-2H3,(H,17,18)(H,19,20). The summed E-state index contributed by atoms with van der Waals surface area (Å²) < 4.78 is 13.3. The number of nitrogens with zero attached hydrogens (tertiary/aromatic N) is 1. The molecule has 1 heterocycles. The van der Waals surface area contributed by atoms with E-state index >= 15 is 0 Å². The number of carbonyl (C=O) groups is 1. The van der Waals surface area contributed by atoms with Crippen LogP contribution in [0.15, 0.2) is 17.5 Å². The third kappa shape index (κ3) is 3.28. The third-order valence-electron chi connectivity index (χ3n) is 2.91. The quantitative estimate of drug-likeness (QED) is 0.786. The van der Waals surface area contributed by atoms with Gasteiger partial charge in [-0.3, -0.25) is 4.79 Å². The molecule has 0 amide bonds. The number of hydrogen-bond donors (Lipinski definition) is 2. The van der Waals surface area contributed by atoms with Gasteiger partial charge in [0.05, 0.1) is 15.7 Å². The minimum atomic E-state index is -1.09. The summed E-state index contributed by atoms with van der Waals surface area (Å²) in [6.07, 6.45) is 0. The number of aromatic nitrogens is 1. The molecular formula is C13H11Cl2FN2O2S. The predicted molar refractivity (Wildman–Crippen MR) is 82.5 cm³/mol. The molecule has 0 fully saturated rings. The summed E-state index contributed by atoms with van der Waals surface area (Å²) in [4.78, 5) is 15.4. The van der Waals surface area contributed by atoms with Crippen LogP contribution in [0.1, 0.15) is 19.5 Å². The van der Waals surface area contributed by atoms with Crippen LogP contribution in [0.4, 0.5) is 15.2 Å². The molecular weight excluding hydrogens is 338 g/mol. The van der Waals surface area contributed by atoms with Crippen molar-refractivity contribution in [2.75, 3.05) is 5.32 Å². The maximum Gasteiger partial charge on any atom is 0.315 e. The van der Waals surface area contributed by atoms with Gasteiger partial charge in [-0.05, 0) is 26.0 Å². The van der Waals surface area contributed by atoms with Crippen molar-refractivity contribution in [1.82, 2.24) is 4.98 Å². The smallest absolute Gasteiger partial charge is 0.315 e. The molecule has 2 aromatic rings. The molecule has 4 nitrogen and oxygen atoms in total. The number of aliphatic carboxylic acids is 1. The average Bonchev–Trinajstić information content (AvgIpc) is 2.84. The van der Waals surface area contributed by atoms with Crippen molar-refractivity contribution in [3.05, 3.63) is 39.1 Å². The van der Waals surface area contributed by atoms with Gasteiger partial charge in [-0.2, -0.15) is 0 Å². The van der Waals surface area contributed by atoms with Crippen LogP contribution in [0.5, 0.6) is 0 Å². The molecule has 1 aromatic heterocycles. The Morgan fingerprint density at radius 3 is 2.48 bits per heavy atom. The largest absolute Gasteiger partial charge is 0.481 e. The van der Waals surface area contributed by atoms with Gasteiger partial charge in [0.2, 0.25) is 0 Å². The summed E-state index contributed by atoms with van der Waals surface area (Å²) in [6, 6.07) is 2.76. The molecule has 0 aliphatic rings. The van der Waals surface area contributed by atoms with Crippen LogP contribution < -0.4 is 5.32 Å². The van der Waals surface area contributed by atoms with Gasteiger partial charge >= 0.3 is 5.97 Å². The van der Waals surface area contributed by atoms with Crippen LogP contribution in [0.25, 0.3) is 0 Å². The molecule has 8 heteroatoms. The van der Waals surface area contributed by atoms with Gasteiger partial charge in [0.15, 0.2) is 10.9 Å². The lowest BCUT2D eigenvalue weighted by Gasteiger charge is -2.15. The highest BCUT2D eigenvalue weighted by atomic mass is 35.5. The van der Waals surface area contributed by atoms with Crippen molar-refractivity contribution in [3.8, 4) is 0 Å². The molecule has 2 N–H and O–H groups in total. The summed E-state index contributed by atoms with van der Waals surface area (Å²) in [5.74, 6) is -1.65. The molecule has 112 valence electrons. The van der Waals surface area contributed by atoms with Crippen LogP contribution in [-0.2, 0) is 10.2 Å². The zero-order valence-electron chi connectivity index (χ0n) is 11.1. The number of rotatable bonds is 4. The van der Waals surface area contributed by atoms with E-state index in [0.717, 1.165) is 0 Å². The van der Waals surface area contributed by atoms with Gasteiger partial charge in [0, 0.05) is 11.1 Å². The van der Waals surface area contributed by atoms with Gasteiger partial charge in [0.1, 0.15) is 5.41 Å². The number of carboxylic acid groups (broad SMARTS) is 1. The minimum absolute atomic E-state index is 0.104. The molecule has 0 aliphatic carbocycles. The van der Waals surface area contributed by atoms with Crippen molar-refractivity contribution in [3.63, 3.8) is 0 Å². The number of nitrogens with one attached hydrogen (secondary N) is 1. The van der Waals surface area contributed by atoms with Gasteiger partial charge in [-0.15, -0.1) is 11.3 Å². The van der Waals surface area contributed by atoms with Crippen molar-refractivity contribution in [1.29, 1.82) is 0 Å². The summed E-state index contributed by atoms with van der Waals surface area (Å²) in [5.41, 5.74) is -0.184. The van der Waals surface area contributed by atoms with Gasteiger partial charge in [-0.25, -0.2) is 9.37 Å². The van der Waals surface area contributed by atoms with E-state index in [1.165, 1.54) is 23.5 Å². The van der Waals surface area contributed by atoms with Crippen molar-refractivity contribution >= 4 is 51.3 Å². The SMILES string of the molecule is CC(C)(C(=O)O)c1csc(Nc2cc(Cl)c(F)c(Cl)c2)n1. The number of carboxylic acids is 1. The maximum absolute atomic E-state index is 13.3. The maximum atomic E-state index is 13.3. The van der Waals surface area contributed by atoms with E-state index in [0.29, 0.717) is 16.5 Å². The molecule has 0 atom stereocenters. The molecule has 0 saturated heterocycles. The summed E-state index contributed by atoms with van der Waals surface area (Å²) in [5, 5.41) is 14.0. The molecule has 0 bridgehead atoms. The Labute approximate surface area is 134 Å². The highest BCUT2D eigenvalue weighted by molar-refractivity contribution is 7.13. The Balaban J connectivity index is 2.26. The van der Waals surface area contributed by atoms with Crippen LogP contribution in [0.2, 0.25) is 10.0 Å². The molecule has 21 heavy (non-hydrogen) atoms. The van der Waals surface area contributed by atoms with Crippen LogP contribution in [0, 0.1) is 5.82 Å². The predicted octanol–water partition coefficient (Wildman–Crippen LogP) is 4.69. The Bertz CT molecular complexity index is 680. The van der Waals surface area contributed by atoms with Crippen LogP contribution in [0.3, 0.4) is 0 Å². The second-order valence-electron chi connectivity index (χ2n) is 4.85. The van der Waals surface area contributed by atoms with E-state index < -0.39 is 17.2 Å². The molecule has 0 unspecified atom stereocenters. The molecule has 2 rings (SSSR count). The third-order valence-corrected chi connectivity index (χ3v) is 4.22. The van der Waals surface area contributed by atoms with Gasteiger partial charge in [-0.1, -0.05) is 23.2 Å². The van der Waals surface area contributed by atoms with E-state index in [1.807, 2.05) is 0 Å². The number of thiazole rings is 1. The monoisotopic (exact) mass is 348 g/mol. The van der Waals surface area contributed by atoms with Gasteiger partial charge < -0.3 is 10.4 Å². The highest BCUT2D eigenvalue weighted by Crippen LogP contribution is 2.32. The summed E-state index contributed by atoms with van der Waals surface area (Å²) in [6.45, 7) is 3.14. The van der Waals surface area contributed by atoms with E-state index in [-0.39, 0.29) is 10.0 Å². The van der Waals surface area contributed by atoms with E-state index in [9.17, 15) is 9.18 Å². The number of anilines is 2. The van der Waals surface area contributed by atoms with Crippen molar-refractivity contribution in [2.45, 2.75) is 19.3 Å². The Hall–Kier alpha value is -1.37. The fourth-order valence-electron chi connectivity index (χ4n) is 1.48. The Morgan fingerprint density at radius 2 is 1.95 bits per heavy atom. The molecule has 0 aliphatic heterocycles.